The number of hydrogen-bond acceptors (Lipinski definition) is 6. The van der Waals surface area contributed by atoms with Crippen LogP contribution in [-0.4, -0.2) is 14.3 Å². The molecule has 2 aromatic carbocycles. The minimum atomic E-state index is -0.414. The van der Waals surface area contributed by atoms with E-state index in [-0.39, 0.29) is 11.2 Å². The maximum atomic E-state index is 12.9. The number of nitro groups is 1. The van der Waals surface area contributed by atoms with E-state index in [4.69, 9.17) is 4.42 Å². The zero-order chi connectivity index (χ0) is 21.0. The molecule has 0 aliphatic heterocycles. The molecule has 0 N–H and O–H groups in total. The summed E-state index contributed by atoms with van der Waals surface area (Å²) in [4.78, 5) is 29.1. The number of benzene rings is 2. The van der Waals surface area contributed by atoms with E-state index in [1.54, 1.807) is 34.7 Å². The number of thiazole rings is 1. The van der Waals surface area contributed by atoms with Crippen LogP contribution in [0.5, 0.6) is 0 Å². The largest absolute Gasteiger partial charge is 0.456 e. The summed E-state index contributed by atoms with van der Waals surface area (Å²) in [6, 6.07) is 14.2. The summed E-state index contributed by atoms with van der Waals surface area (Å²) in [5, 5.41) is 11.5. The van der Waals surface area contributed by atoms with Crippen molar-refractivity contribution < 1.29 is 9.34 Å². The van der Waals surface area contributed by atoms with Crippen molar-refractivity contribution in [2.75, 3.05) is 0 Å². The van der Waals surface area contributed by atoms with Gasteiger partial charge in [-0.2, -0.15) is 0 Å². The molecule has 7 nitrogen and oxygen atoms in total. The summed E-state index contributed by atoms with van der Waals surface area (Å²) < 4.78 is 7.92. The van der Waals surface area contributed by atoms with Crippen molar-refractivity contribution in [2.45, 2.75) is 13.8 Å². The van der Waals surface area contributed by atoms with E-state index in [2.05, 4.69) is 4.98 Å². The van der Waals surface area contributed by atoms with Crippen LogP contribution in [0, 0.1) is 24.0 Å². The van der Waals surface area contributed by atoms with E-state index in [1.165, 1.54) is 11.3 Å². The Labute approximate surface area is 173 Å². The number of hydrogen-bond donors (Lipinski definition) is 0. The number of para-hydroxylation sites is 2. The molecule has 8 heteroatoms. The monoisotopic (exact) mass is 417 g/mol. The van der Waals surface area contributed by atoms with Gasteiger partial charge in [0.2, 0.25) is 0 Å². The predicted molar refractivity (Wildman–Crippen MR) is 116 cm³/mol. The van der Waals surface area contributed by atoms with Gasteiger partial charge in [-0.1, -0.05) is 23.5 Å². The van der Waals surface area contributed by atoms with Crippen LogP contribution in [0.1, 0.15) is 16.9 Å². The van der Waals surface area contributed by atoms with Crippen molar-refractivity contribution in [2.24, 2.45) is 0 Å². The molecule has 0 saturated carbocycles. The number of nitrogens with zero attached hydrogens (tertiary/aromatic N) is 3. The average molecular weight is 417 g/mol. The van der Waals surface area contributed by atoms with E-state index in [0.29, 0.717) is 26.6 Å². The first-order valence-corrected chi connectivity index (χ1v) is 10.0. The molecule has 0 radical (unpaired) electrons. The highest BCUT2D eigenvalue weighted by Crippen LogP contribution is 2.33. The Balaban J connectivity index is 1.63. The highest BCUT2D eigenvalue weighted by molar-refractivity contribution is 7.15. The lowest BCUT2D eigenvalue weighted by Crippen LogP contribution is -2.22. The molecule has 0 amide bonds. The third kappa shape index (κ3) is 2.81. The molecular formula is C22H15N3O4S. The lowest BCUT2D eigenvalue weighted by atomic mass is 10.0. The van der Waals surface area contributed by atoms with Crippen molar-refractivity contribution >= 4 is 39.1 Å². The van der Waals surface area contributed by atoms with Gasteiger partial charge in [-0.05, 0) is 55.3 Å². The highest BCUT2D eigenvalue weighted by Gasteiger charge is 2.20. The quantitative estimate of drug-likeness (QED) is 0.323. The summed E-state index contributed by atoms with van der Waals surface area (Å²) >= 11 is 1.28. The van der Waals surface area contributed by atoms with Gasteiger partial charge in [0.1, 0.15) is 16.1 Å². The maximum Gasteiger partial charge on any atom is 0.280 e. The van der Waals surface area contributed by atoms with Gasteiger partial charge in [0.15, 0.2) is 4.96 Å². The minimum Gasteiger partial charge on any atom is -0.456 e. The number of aryl methyl sites for hydroxylation is 2. The van der Waals surface area contributed by atoms with Crippen LogP contribution >= 0.6 is 11.3 Å². The number of fused-ring (bicyclic) bond motifs is 3. The van der Waals surface area contributed by atoms with Gasteiger partial charge < -0.3 is 4.42 Å². The molecule has 148 valence electrons. The zero-order valence-corrected chi connectivity index (χ0v) is 16.9. The Morgan fingerprint density at radius 3 is 2.70 bits per heavy atom. The highest BCUT2D eigenvalue weighted by atomic mass is 32.1. The Kier molecular flexibility index (Phi) is 4.04. The van der Waals surface area contributed by atoms with Gasteiger partial charge in [-0.15, -0.1) is 0 Å². The van der Waals surface area contributed by atoms with Crippen molar-refractivity contribution in [3.63, 3.8) is 0 Å². The number of imidazole rings is 1. The summed E-state index contributed by atoms with van der Waals surface area (Å²) in [5.41, 5.74) is 3.55. The normalized spacial score (nSPS) is 12.3. The molecule has 0 aliphatic carbocycles. The molecule has 0 saturated heterocycles. The van der Waals surface area contributed by atoms with Gasteiger partial charge in [0, 0.05) is 12.1 Å². The number of rotatable bonds is 3. The molecule has 0 bridgehead atoms. The number of furan rings is 1. The Morgan fingerprint density at radius 1 is 1.13 bits per heavy atom. The second kappa shape index (κ2) is 6.64. The molecule has 0 spiro atoms. The van der Waals surface area contributed by atoms with Crippen molar-refractivity contribution in [1.82, 2.24) is 9.38 Å². The molecule has 0 unspecified atom stereocenters. The molecule has 3 heterocycles. The lowest BCUT2D eigenvalue weighted by molar-refractivity contribution is -0.384. The molecular weight excluding hydrogens is 402 g/mol. The predicted octanol–water partition coefficient (Wildman–Crippen LogP) is 4.24. The fourth-order valence-corrected chi connectivity index (χ4v) is 4.43. The van der Waals surface area contributed by atoms with Crippen molar-refractivity contribution in [3.8, 4) is 11.3 Å². The van der Waals surface area contributed by atoms with E-state index >= 15 is 0 Å². The molecule has 5 aromatic rings. The topological polar surface area (TPSA) is 90.7 Å². The van der Waals surface area contributed by atoms with Gasteiger partial charge >= 0.3 is 0 Å². The Hall–Kier alpha value is -3.78. The van der Waals surface area contributed by atoms with Crippen LogP contribution in [-0.2, 0) is 0 Å². The minimum absolute atomic E-state index is 0.00965. The van der Waals surface area contributed by atoms with Gasteiger partial charge in [0.05, 0.1) is 21.5 Å². The van der Waals surface area contributed by atoms with E-state index < -0.39 is 4.92 Å². The van der Waals surface area contributed by atoms with E-state index in [0.717, 1.165) is 22.2 Å². The van der Waals surface area contributed by atoms with E-state index in [9.17, 15) is 14.9 Å². The van der Waals surface area contributed by atoms with Crippen LogP contribution in [0.4, 0.5) is 5.69 Å². The van der Waals surface area contributed by atoms with Gasteiger partial charge in [-0.3, -0.25) is 14.9 Å². The zero-order valence-electron chi connectivity index (χ0n) is 16.1. The molecule has 0 atom stereocenters. The van der Waals surface area contributed by atoms with Gasteiger partial charge in [-0.25, -0.2) is 9.38 Å². The smallest absolute Gasteiger partial charge is 0.280 e. The lowest BCUT2D eigenvalue weighted by Gasteiger charge is -2.04. The van der Waals surface area contributed by atoms with Crippen LogP contribution in [0.15, 0.2) is 57.7 Å². The molecule has 5 rings (SSSR count). The number of nitro benzene ring substituents is 1. The molecule has 0 fully saturated rings. The average Bonchev–Trinajstić information content (AvgIpc) is 3.39. The second-order valence-electron chi connectivity index (χ2n) is 7.05. The van der Waals surface area contributed by atoms with Crippen LogP contribution in [0.3, 0.4) is 0 Å². The van der Waals surface area contributed by atoms with Crippen molar-refractivity contribution in [3.05, 3.63) is 90.4 Å². The summed E-state index contributed by atoms with van der Waals surface area (Å²) in [6.45, 7) is 3.73. The van der Waals surface area contributed by atoms with Crippen LogP contribution in [0.25, 0.3) is 33.4 Å². The van der Waals surface area contributed by atoms with Gasteiger partial charge in [0.25, 0.3) is 11.2 Å². The fourth-order valence-electron chi connectivity index (χ4n) is 3.47. The van der Waals surface area contributed by atoms with E-state index in [1.807, 2.05) is 38.1 Å². The maximum absolute atomic E-state index is 12.9. The van der Waals surface area contributed by atoms with Crippen LogP contribution in [0.2, 0.25) is 0 Å². The summed E-state index contributed by atoms with van der Waals surface area (Å²) in [6.07, 6.45) is 1.65. The van der Waals surface area contributed by atoms with Crippen molar-refractivity contribution in [1.29, 1.82) is 0 Å². The second-order valence-corrected chi connectivity index (χ2v) is 8.06. The standard InChI is InChI=1S/C22H15N3O4S/c1-12-9-15(18(25(27)28)10-13(12)2)19-8-7-14(29-19)11-20-21(26)24-17-6-4-3-5-16(17)23-22(24)30-20/h3-11H,1-2H3/b20-11+. The third-order valence-corrected chi connectivity index (χ3v) is 6.09. The van der Waals surface area contributed by atoms with Crippen LogP contribution < -0.4 is 10.1 Å². The summed E-state index contributed by atoms with van der Waals surface area (Å²) in [7, 11) is 0. The Bertz CT molecular complexity index is 1580. The fraction of sp³-hybridized carbons (Fsp3) is 0.0909. The SMILES string of the molecule is Cc1cc(-c2ccc(/C=c3/sc4nc5ccccc5n4c3=O)o2)c([N+](=O)[O-])cc1C. The summed E-state index contributed by atoms with van der Waals surface area (Å²) in [5.74, 6) is 0.832. The first kappa shape index (κ1) is 18.3. The third-order valence-electron chi connectivity index (χ3n) is 5.12. The first-order chi connectivity index (χ1) is 14.4. The molecule has 30 heavy (non-hydrogen) atoms. The first-order valence-electron chi connectivity index (χ1n) is 9.20. The Morgan fingerprint density at radius 2 is 1.90 bits per heavy atom. The number of aromatic nitrogens is 2. The molecule has 0 aliphatic rings. The molecule has 3 aromatic heterocycles.